The molecule has 0 saturated heterocycles. The maximum Gasteiger partial charge on any atom is 0.331 e. The van der Waals surface area contributed by atoms with Crippen molar-refractivity contribution in [3.63, 3.8) is 0 Å². The molecule has 0 aliphatic rings. The Kier molecular flexibility index (Phi) is 4.71. The van der Waals surface area contributed by atoms with Crippen molar-refractivity contribution in [1.82, 2.24) is 9.13 Å². The van der Waals surface area contributed by atoms with Crippen molar-refractivity contribution in [2.75, 3.05) is 0 Å². The third-order valence-electron chi connectivity index (χ3n) is 3.39. The van der Waals surface area contributed by atoms with Gasteiger partial charge in [0.2, 0.25) is 0 Å². The van der Waals surface area contributed by atoms with Gasteiger partial charge in [-0.3, -0.25) is 13.9 Å². The van der Waals surface area contributed by atoms with Crippen LogP contribution in [0.25, 0.3) is 0 Å². The number of benzene rings is 1. The predicted octanol–water partition coefficient (Wildman–Crippen LogP) is 0.913. The predicted molar refractivity (Wildman–Crippen MR) is 76.7 cm³/mol. The molecule has 1 heterocycles. The van der Waals surface area contributed by atoms with Gasteiger partial charge in [-0.1, -0.05) is 6.07 Å². The first-order valence-corrected chi connectivity index (χ1v) is 6.77. The first-order valence-electron chi connectivity index (χ1n) is 6.77. The molecule has 8 heteroatoms. The Labute approximate surface area is 129 Å². The van der Waals surface area contributed by atoms with E-state index < -0.39 is 41.1 Å². The molecule has 0 bridgehead atoms. The fraction of sp³-hybridized carbons (Fsp3) is 0.267. The SMILES string of the molecule is CCn1cc(C#N)c(=O)n(CC(O)c2c(F)cccc2F)c1=O. The minimum absolute atomic E-state index is 0.192. The number of aryl methyl sites for hydroxylation is 1. The summed E-state index contributed by atoms with van der Waals surface area (Å²) in [4.78, 5) is 24.2. The summed E-state index contributed by atoms with van der Waals surface area (Å²) < 4.78 is 29.0. The van der Waals surface area contributed by atoms with Gasteiger partial charge in [-0.2, -0.15) is 5.26 Å². The summed E-state index contributed by atoms with van der Waals surface area (Å²) in [5, 5.41) is 19.0. The van der Waals surface area contributed by atoms with E-state index in [4.69, 9.17) is 5.26 Å². The van der Waals surface area contributed by atoms with Crippen LogP contribution in [-0.2, 0) is 13.1 Å². The van der Waals surface area contributed by atoms with Gasteiger partial charge in [0.1, 0.15) is 29.4 Å². The quantitative estimate of drug-likeness (QED) is 0.907. The zero-order valence-corrected chi connectivity index (χ0v) is 12.2. The summed E-state index contributed by atoms with van der Waals surface area (Å²) in [7, 11) is 0. The molecule has 1 aromatic heterocycles. The Morgan fingerprint density at radius 2 is 1.91 bits per heavy atom. The van der Waals surface area contributed by atoms with E-state index in [9.17, 15) is 23.5 Å². The van der Waals surface area contributed by atoms with Gasteiger partial charge >= 0.3 is 5.69 Å². The number of rotatable bonds is 4. The second-order valence-corrected chi connectivity index (χ2v) is 4.79. The van der Waals surface area contributed by atoms with Crippen molar-refractivity contribution in [2.45, 2.75) is 26.1 Å². The Bertz CT molecular complexity index is 876. The van der Waals surface area contributed by atoms with Crippen LogP contribution in [0.2, 0.25) is 0 Å². The van der Waals surface area contributed by atoms with E-state index in [1.807, 2.05) is 0 Å². The van der Waals surface area contributed by atoms with E-state index in [-0.39, 0.29) is 12.1 Å². The van der Waals surface area contributed by atoms with Gasteiger partial charge in [0, 0.05) is 12.7 Å². The largest absolute Gasteiger partial charge is 0.386 e. The van der Waals surface area contributed by atoms with E-state index >= 15 is 0 Å². The minimum atomic E-state index is -1.75. The number of hydrogen-bond donors (Lipinski definition) is 1. The molecule has 0 amide bonds. The van der Waals surface area contributed by atoms with E-state index in [2.05, 4.69) is 0 Å². The molecule has 1 unspecified atom stereocenters. The fourth-order valence-electron chi connectivity index (χ4n) is 2.21. The molecule has 0 aliphatic heterocycles. The van der Waals surface area contributed by atoms with E-state index in [0.29, 0.717) is 4.57 Å². The molecular formula is C15H13F2N3O3. The monoisotopic (exact) mass is 321 g/mol. The topological polar surface area (TPSA) is 88.0 Å². The van der Waals surface area contributed by atoms with E-state index in [1.54, 1.807) is 13.0 Å². The van der Waals surface area contributed by atoms with E-state index in [0.717, 1.165) is 29.0 Å². The molecule has 2 aromatic rings. The van der Waals surface area contributed by atoms with Crippen molar-refractivity contribution >= 4 is 0 Å². The first kappa shape index (κ1) is 16.6. The lowest BCUT2D eigenvalue weighted by Gasteiger charge is -2.15. The highest BCUT2D eigenvalue weighted by atomic mass is 19.1. The van der Waals surface area contributed by atoms with Crippen LogP contribution in [0.15, 0.2) is 34.0 Å². The van der Waals surface area contributed by atoms with Crippen LogP contribution in [0.5, 0.6) is 0 Å². The van der Waals surface area contributed by atoms with Crippen molar-refractivity contribution in [1.29, 1.82) is 5.26 Å². The van der Waals surface area contributed by atoms with Crippen LogP contribution in [-0.4, -0.2) is 14.2 Å². The number of aliphatic hydroxyl groups excluding tert-OH is 1. The fourth-order valence-corrected chi connectivity index (χ4v) is 2.21. The molecule has 0 saturated carbocycles. The van der Waals surface area contributed by atoms with Crippen molar-refractivity contribution in [3.8, 4) is 6.07 Å². The highest BCUT2D eigenvalue weighted by molar-refractivity contribution is 5.24. The van der Waals surface area contributed by atoms with Gasteiger partial charge in [-0.25, -0.2) is 13.6 Å². The highest BCUT2D eigenvalue weighted by Crippen LogP contribution is 2.21. The number of hydrogen-bond acceptors (Lipinski definition) is 4. The lowest BCUT2D eigenvalue weighted by molar-refractivity contribution is 0.143. The van der Waals surface area contributed by atoms with Crippen molar-refractivity contribution in [3.05, 3.63) is 68.0 Å². The molecule has 120 valence electrons. The zero-order valence-electron chi connectivity index (χ0n) is 12.2. The molecule has 0 radical (unpaired) electrons. The molecule has 6 nitrogen and oxygen atoms in total. The molecule has 2 rings (SSSR count). The maximum atomic E-state index is 13.7. The summed E-state index contributed by atoms with van der Waals surface area (Å²) in [6.45, 7) is 1.16. The normalized spacial score (nSPS) is 12.0. The average Bonchev–Trinajstić information content (AvgIpc) is 2.51. The standard InChI is InChI=1S/C15H13F2N3O3/c1-2-19-7-9(6-18)14(22)20(15(19)23)8-12(21)13-10(16)4-3-5-11(13)17/h3-5,7,12,21H,2,8H2,1H3. The van der Waals surface area contributed by atoms with Gasteiger partial charge in [0.05, 0.1) is 12.1 Å². The molecule has 0 spiro atoms. The third kappa shape index (κ3) is 3.05. The number of aliphatic hydroxyl groups is 1. The molecular weight excluding hydrogens is 308 g/mol. The summed E-state index contributed by atoms with van der Waals surface area (Å²) in [5.41, 5.74) is -2.62. The lowest BCUT2D eigenvalue weighted by Crippen LogP contribution is -2.42. The van der Waals surface area contributed by atoms with Crippen LogP contribution >= 0.6 is 0 Å². The number of nitrogens with zero attached hydrogens (tertiary/aromatic N) is 3. The molecule has 0 fully saturated rings. The smallest absolute Gasteiger partial charge is 0.331 e. The Balaban J connectivity index is 2.55. The van der Waals surface area contributed by atoms with Crippen LogP contribution in [0.1, 0.15) is 24.2 Å². The molecule has 1 atom stereocenters. The molecule has 1 N–H and O–H groups in total. The maximum absolute atomic E-state index is 13.7. The summed E-state index contributed by atoms with van der Waals surface area (Å²) in [6, 6.07) is 4.70. The van der Waals surface area contributed by atoms with E-state index in [1.165, 1.54) is 0 Å². The van der Waals surface area contributed by atoms with Crippen LogP contribution in [0.4, 0.5) is 8.78 Å². The molecule has 23 heavy (non-hydrogen) atoms. The summed E-state index contributed by atoms with van der Waals surface area (Å²) in [6.07, 6.45) is -0.641. The van der Waals surface area contributed by atoms with Crippen LogP contribution in [0.3, 0.4) is 0 Å². The number of halogens is 2. The van der Waals surface area contributed by atoms with Gasteiger partial charge < -0.3 is 5.11 Å². The van der Waals surface area contributed by atoms with Gasteiger partial charge in [-0.05, 0) is 19.1 Å². The number of nitriles is 1. The lowest BCUT2D eigenvalue weighted by atomic mass is 10.1. The van der Waals surface area contributed by atoms with Crippen LogP contribution in [0, 0.1) is 23.0 Å². The Morgan fingerprint density at radius 1 is 1.30 bits per heavy atom. The Morgan fingerprint density at radius 3 is 2.43 bits per heavy atom. The van der Waals surface area contributed by atoms with Crippen LogP contribution < -0.4 is 11.2 Å². The first-order chi connectivity index (χ1) is 10.9. The summed E-state index contributed by atoms with van der Waals surface area (Å²) in [5.74, 6) is -1.98. The molecule has 1 aromatic carbocycles. The van der Waals surface area contributed by atoms with Crippen molar-refractivity contribution in [2.24, 2.45) is 0 Å². The third-order valence-corrected chi connectivity index (χ3v) is 3.39. The van der Waals surface area contributed by atoms with Gasteiger partial charge in [-0.15, -0.1) is 0 Å². The van der Waals surface area contributed by atoms with Gasteiger partial charge in [0.15, 0.2) is 0 Å². The van der Waals surface area contributed by atoms with Crippen molar-refractivity contribution < 1.29 is 13.9 Å². The second kappa shape index (κ2) is 6.54. The van der Waals surface area contributed by atoms with Gasteiger partial charge in [0.25, 0.3) is 5.56 Å². The number of aromatic nitrogens is 2. The minimum Gasteiger partial charge on any atom is -0.386 e. The zero-order chi connectivity index (χ0) is 17.1. The second-order valence-electron chi connectivity index (χ2n) is 4.79. The average molecular weight is 321 g/mol. The summed E-state index contributed by atoms with van der Waals surface area (Å²) >= 11 is 0. The highest BCUT2D eigenvalue weighted by Gasteiger charge is 2.21. The Hall–Kier alpha value is -2.79. The molecule has 0 aliphatic carbocycles.